The number of allylic oxidation sites excluding steroid dienone is 4. The average molecular weight is 841 g/mol. The van der Waals surface area contributed by atoms with E-state index in [2.05, 4.69) is 0 Å². The maximum atomic E-state index is 14.9. The molecule has 2 aliphatic heterocycles. The lowest BCUT2D eigenvalue weighted by atomic mass is 9.39. The third-order valence-electron chi connectivity index (χ3n) is 15.5. The molecule has 59 heavy (non-hydrogen) atoms. The van der Waals surface area contributed by atoms with Crippen molar-refractivity contribution in [2.45, 2.75) is 166 Å². The van der Waals surface area contributed by atoms with Gasteiger partial charge in [0.25, 0.3) is 0 Å². The maximum absolute atomic E-state index is 14.9. The zero-order chi connectivity index (χ0) is 44.2. The van der Waals surface area contributed by atoms with Gasteiger partial charge in [0.15, 0.2) is 17.8 Å². The molecule has 0 radical (unpaired) electrons. The molecular formula is C42H64O17. The lowest BCUT2D eigenvalue weighted by Gasteiger charge is -2.63. The van der Waals surface area contributed by atoms with Crippen LogP contribution < -0.4 is 0 Å². The van der Waals surface area contributed by atoms with E-state index >= 15 is 0 Å². The maximum Gasteiger partial charge on any atom is 0.229 e. The number of Topliss-reactive ketones (excluding diaryl/α,β-unsaturated/α-hetero) is 3. The number of rotatable bonds is 11. The molecule has 18 unspecified atom stereocenters. The summed E-state index contributed by atoms with van der Waals surface area (Å²) in [7, 11) is 0. The van der Waals surface area contributed by atoms with Gasteiger partial charge in [-0.15, -0.1) is 0 Å². The Kier molecular flexibility index (Phi) is 12.2. The summed E-state index contributed by atoms with van der Waals surface area (Å²) in [6, 6.07) is 0. The Balaban J connectivity index is 1.25. The fourth-order valence-corrected chi connectivity index (χ4v) is 11.7. The average Bonchev–Trinajstić information content (AvgIpc) is 3.37. The number of ketones is 3. The van der Waals surface area contributed by atoms with Crippen molar-refractivity contribution in [1.82, 2.24) is 0 Å². The van der Waals surface area contributed by atoms with E-state index in [1.807, 2.05) is 26.8 Å². The topological polar surface area (TPSA) is 290 Å². The minimum Gasteiger partial charge on any atom is -0.459 e. The predicted octanol–water partition coefficient (Wildman–Crippen LogP) is -1.07. The third-order valence-corrected chi connectivity index (χ3v) is 15.5. The molecule has 0 bridgehead atoms. The molecule has 2 saturated carbocycles. The van der Waals surface area contributed by atoms with E-state index in [9.17, 15) is 65.4 Å². The quantitative estimate of drug-likeness (QED) is 0.111. The molecule has 4 fully saturated rings. The molecule has 334 valence electrons. The number of hydrogen-bond acceptors (Lipinski definition) is 17. The van der Waals surface area contributed by atoms with E-state index in [0.717, 1.165) is 0 Å². The van der Waals surface area contributed by atoms with Gasteiger partial charge in [-0.3, -0.25) is 14.4 Å². The van der Waals surface area contributed by atoms with Gasteiger partial charge in [0, 0.05) is 30.1 Å². The fourth-order valence-electron chi connectivity index (χ4n) is 11.7. The molecule has 2 saturated heterocycles. The van der Waals surface area contributed by atoms with Crippen molar-refractivity contribution in [3.05, 3.63) is 23.5 Å². The molecule has 6 rings (SSSR count). The Labute approximate surface area is 343 Å². The molecule has 0 aromatic heterocycles. The van der Waals surface area contributed by atoms with Crippen LogP contribution in [0.2, 0.25) is 0 Å². The van der Waals surface area contributed by atoms with Crippen LogP contribution in [-0.4, -0.2) is 160 Å². The van der Waals surface area contributed by atoms with Crippen molar-refractivity contribution in [3.8, 4) is 0 Å². The van der Waals surface area contributed by atoms with E-state index in [0.29, 0.717) is 12.0 Å². The molecule has 17 nitrogen and oxygen atoms in total. The highest BCUT2D eigenvalue weighted by Crippen LogP contribution is 2.74. The van der Waals surface area contributed by atoms with Crippen molar-refractivity contribution in [2.24, 2.45) is 39.4 Å². The number of carbonyl (C=O) groups excluding carboxylic acids is 3. The van der Waals surface area contributed by atoms with Gasteiger partial charge in [-0.25, -0.2) is 0 Å². The lowest BCUT2D eigenvalue weighted by molar-refractivity contribution is -0.323. The fraction of sp³-hybridized carbons (Fsp3) is 0.833. The largest absolute Gasteiger partial charge is 0.459 e. The predicted molar refractivity (Wildman–Crippen MR) is 203 cm³/mol. The van der Waals surface area contributed by atoms with Crippen LogP contribution >= 0.6 is 0 Å². The second kappa shape index (κ2) is 15.5. The lowest BCUT2D eigenvalue weighted by Crippen LogP contribution is -2.64. The Morgan fingerprint density at radius 2 is 1.36 bits per heavy atom. The molecule has 4 aliphatic carbocycles. The highest BCUT2D eigenvalue weighted by molar-refractivity contribution is 6.02. The first-order valence-electron chi connectivity index (χ1n) is 20.6. The molecule has 18 atom stereocenters. The SMILES string of the molecule is CC(C)(CCC(=O)C(C)(O)C1C(O)CC2(C)C3CC=C4C(C=C(OC5OC(CO)C(O)C(O)C5O)C(=O)C4(C)C)C3(C)C(=O)CC12C)OC1OC(CO)C(O)C(O)C1O. The monoisotopic (exact) mass is 840 g/mol. The summed E-state index contributed by atoms with van der Waals surface area (Å²) in [4.78, 5) is 43.0. The van der Waals surface area contributed by atoms with Crippen LogP contribution in [0.25, 0.3) is 0 Å². The van der Waals surface area contributed by atoms with Crippen LogP contribution in [0, 0.1) is 39.4 Å². The Hall–Kier alpha value is -2.23. The van der Waals surface area contributed by atoms with Gasteiger partial charge >= 0.3 is 0 Å². The molecule has 6 aliphatic rings. The standard InChI is InChI=1S/C42H64O17/c1-37(2,59-36-32(53)30(51)28(49)23(17-44)58-36)12-11-25(46)42(8,55)33-20(45)14-39(5)24-10-9-18-19(41(24,7)26(47)15-40(33,39)6)13-21(34(54)38(18,3)4)56-35-31(52)29(50)27(48)22(16-43)57-35/h9,13,19-20,22-24,27-33,35-36,43-45,48-53,55H,10-12,14-17H2,1-8H3. The summed E-state index contributed by atoms with van der Waals surface area (Å²) >= 11 is 0. The van der Waals surface area contributed by atoms with Gasteiger partial charge in [0.1, 0.15) is 60.2 Å². The minimum atomic E-state index is -2.12. The minimum absolute atomic E-state index is 0.00293. The molecule has 0 aromatic rings. The van der Waals surface area contributed by atoms with Crippen LogP contribution in [0.3, 0.4) is 0 Å². The number of aliphatic hydroxyl groups is 10. The Morgan fingerprint density at radius 1 is 0.814 bits per heavy atom. The second-order valence-corrected chi connectivity index (χ2v) is 19.8. The van der Waals surface area contributed by atoms with Crippen molar-refractivity contribution < 1.29 is 84.4 Å². The second-order valence-electron chi connectivity index (χ2n) is 19.8. The molecule has 17 heteroatoms. The van der Waals surface area contributed by atoms with Crippen LogP contribution in [0.4, 0.5) is 0 Å². The molecular weight excluding hydrogens is 776 g/mol. The van der Waals surface area contributed by atoms with Gasteiger partial charge in [0.2, 0.25) is 12.1 Å². The van der Waals surface area contributed by atoms with Crippen LogP contribution in [0.1, 0.15) is 87.5 Å². The summed E-state index contributed by atoms with van der Waals surface area (Å²) in [5.74, 6) is -3.74. The van der Waals surface area contributed by atoms with E-state index in [1.165, 1.54) is 13.0 Å². The first-order valence-corrected chi connectivity index (χ1v) is 20.6. The van der Waals surface area contributed by atoms with Crippen molar-refractivity contribution in [2.75, 3.05) is 13.2 Å². The van der Waals surface area contributed by atoms with Crippen molar-refractivity contribution in [3.63, 3.8) is 0 Å². The van der Waals surface area contributed by atoms with Crippen LogP contribution in [0.5, 0.6) is 0 Å². The van der Waals surface area contributed by atoms with E-state index in [-0.39, 0.29) is 37.2 Å². The van der Waals surface area contributed by atoms with Crippen LogP contribution in [0.15, 0.2) is 23.5 Å². The van der Waals surface area contributed by atoms with Gasteiger partial charge in [0.05, 0.1) is 30.3 Å². The summed E-state index contributed by atoms with van der Waals surface area (Å²) < 4.78 is 22.9. The normalized spacial score (nSPS) is 46.9. The van der Waals surface area contributed by atoms with E-state index in [1.54, 1.807) is 27.7 Å². The van der Waals surface area contributed by atoms with Crippen molar-refractivity contribution >= 4 is 17.3 Å². The van der Waals surface area contributed by atoms with E-state index < -0.39 is 143 Å². The zero-order valence-corrected chi connectivity index (χ0v) is 35.0. The highest BCUT2D eigenvalue weighted by Gasteiger charge is 2.74. The number of aliphatic hydroxyl groups excluding tert-OH is 9. The summed E-state index contributed by atoms with van der Waals surface area (Å²) in [5.41, 5.74) is -6.91. The van der Waals surface area contributed by atoms with Crippen LogP contribution in [-0.2, 0) is 33.3 Å². The summed E-state index contributed by atoms with van der Waals surface area (Å²) in [6.45, 7) is 12.3. The molecule has 0 amide bonds. The van der Waals surface area contributed by atoms with Gasteiger partial charge in [-0.05, 0) is 76.7 Å². The Bertz CT molecular complexity index is 1720. The first-order chi connectivity index (χ1) is 27.1. The molecule has 0 aromatic carbocycles. The summed E-state index contributed by atoms with van der Waals surface area (Å²) in [6.07, 6.45) is -13.2. The van der Waals surface area contributed by atoms with Crippen molar-refractivity contribution in [1.29, 1.82) is 0 Å². The first kappa shape index (κ1) is 46.3. The van der Waals surface area contributed by atoms with E-state index in [4.69, 9.17) is 18.9 Å². The molecule has 10 N–H and O–H groups in total. The van der Waals surface area contributed by atoms with Gasteiger partial charge in [-0.2, -0.15) is 0 Å². The highest BCUT2D eigenvalue weighted by atomic mass is 16.7. The molecule has 2 heterocycles. The Morgan fingerprint density at radius 3 is 1.92 bits per heavy atom. The molecule has 0 spiro atoms. The number of carbonyl (C=O) groups is 3. The zero-order valence-electron chi connectivity index (χ0n) is 35.0. The van der Waals surface area contributed by atoms with Gasteiger partial charge < -0.3 is 70.0 Å². The number of hydrogen-bond donors (Lipinski definition) is 10. The number of ether oxygens (including phenoxy) is 4. The smallest absolute Gasteiger partial charge is 0.229 e. The van der Waals surface area contributed by atoms with Gasteiger partial charge in [-0.1, -0.05) is 32.4 Å². The number of fused-ring (bicyclic) bond motifs is 5. The summed E-state index contributed by atoms with van der Waals surface area (Å²) in [5, 5.41) is 106. The third kappa shape index (κ3) is 7.09.